The second-order valence-corrected chi connectivity index (χ2v) is 4.60. The standard InChI is InChI=1S/C15H15NO5/c1-8-4-5-9-10(6-8)13(17)16-7-11(9)12(14(18)20-2)15(19)21-3/h4-7,12H,1-3H3,(H,16,17). The molecule has 1 aromatic carbocycles. The van der Waals surface area contributed by atoms with Gasteiger partial charge in [0.1, 0.15) is 0 Å². The van der Waals surface area contributed by atoms with Crippen LogP contribution in [0.4, 0.5) is 0 Å². The first kappa shape index (κ1) is 14.8. The number of benzene rings is 1. The largest absolute Gasteiger partial charge is 0.468 e. The minimum absolute atomic E-state index is 0.286. The van der Waals surface area contributed by atoms with Gasteiger partial charge in [0.15, 0.2) is 5.92 Å². The van der Waals surface area contributed by atoms with Crippen molar-refractivity contribution in [1.29, 1.82) is 0 Å². The van der Waals surface area contributed by atoms with Gasteiger partial charge in [-0.1, -0.05) is 17.7 Å². The van der Waals surface area contributed by atoms with Gasteiger partial charge >= 0.3 is 11.9 Å². The number of fused-ring (bicyclic) bond motifs is 1. The second-order valence-electron chi connectivity index (χ2n) is 4.60. The van der Waals surface area contributed by atoms with Crippen LogP contribution in [-0.4, -0.2) is 31.1 Å². The van der Waals surface area contributed by atoms with Crippen molar-refractivity contribution in [2.75, 3.05) is 14.2 Å². The Balaban J connectivity index is 2.74. The van der Waals surface area contributed by atoms with Crippen LogP contribution in [0.1, 0.15) is 17.0 Å². The molecule has 0 unspecified atom stereocenters. The fourth-order valence-corrected chi connectivity index (χ4v) is 2.22. The van der Waals surface area contributed by atoms with Crippen molar-refractivity contribution in [3.05, 3.63) is 45.9 Å². The lowest BCUT2D eigenvalue weighted by molar-refractivity contribution is -0.154. The van der Waals surface area contributed by atoms with Crippen LogP contribution in [-0.2, 0) is 19.1 Å². The summed E-state index contributed by atoms with van der Waals surface area (Å²) in [4.78, 5) is 38.2. The van der Waals surface area contributed by atoms with Crippen LogP contribution < -0.4 is 5.56 Å². The van der Waals surface area contributed by atoms with E-state index in [9.17, 15) is 14.4 Å². The first-order chi connectivity index (χ1) is 9.99. The molecule has 0 aliphatic rings. The van der Waals surface area contributed by atoms with Gasteiger partial charge in [-0.3, -0.25) is 14.4 Å². The van der Waals surface area contributed by atoms with Gasteiger partial charge in [0.2, 0.25) is 0 Å². The molecule has 0 fully saturated rings. The van der Waals surface area contributed by atoms with Gasteiger partial charge < -0.3 is 14.5 Å². The Morgan fingerprint density at radius 3 is 2.29 bits per heavy atom. The summed E-state index contributed by atoms with van der Waals surface area (Å²) in [6, 6.07) is 5.20. The number of hydrogen-bond donors (Lipinski definition) is 1. The van der Waals surface area contributed by atoms with E-state index in [-0.39, 0.29) is 5.56 Å². The van der Waals surface area contributed by atoms with Gasteiger partial charge in [0.25, 0.3) is 5.56 Å². The fraction of sp³-hybridized carbons (Fsp3) is 0.267. The van der Waals surface area contributed by atoms with E-state index in [0.717, 1.165) is 5.56 Å². The highest BCUT2D eigenvalue weighted by Crippen LogP contribution is 2.26. The highest BCUT2D eigenvalue weighted by Gasteiger charge is 2.32. The normalized spacial score (nSPS) is 10.7. The van der Waals surface area contributed by atoms with Gasteiger partial charge in [-0.2, -0.15) is 0 Å². The number of pyridine rings is 1. The number of carbonyl (C=O) groups is 2. The van der Waals surface area contributed by atoms with E-state index in [0.29, 0.717) is 16.3 Å². The summed E-state index contributed by atoms with van der Waals surface area (Å²) in [5, 5.41) is 0.926. The molecule has 0 saturated heterocycles. The first-order valence-corrected chi connectivity index (χ1v) is 6.27. The molecule has 1 N–H and O–H groups in total. The Bertz CT molecular complexity index is 746. The molecule has 0 saturated carbocycles. The van der Waals surface area contributed by atoms with Gasteiger partial charge in [-0.05, 0) is 18.4 Å². The molecule has 0 bridgehead atoms. The smallest absolute Gasteiger partial charge is 0.324 e. The van der Waals surface area contributed by atoms with Gasteiger partial charge in [-0.25, -0.2) is 0 Å². The lowest BCUT2D eigenvalue weighted by atomic mass is 9.95. The predicted molar refractivity (Wildman–Crippen MR) is 76.1 cm³/mol. The maximum Gasteiger partial charge on any atom is 0.324 e. The van der Waals surface area contributed by atoms with E-state index in [1.165, 1.54) is 20.4 Å². The van der Waals surface area contributed by atoms with Gasteiger partial charge in [0, 0.05) is 17.1 Å². The Labute approximate surface area is 120 Å². The summed E-state index contributed by atoms with van der Waals surface area (Å²) in [5.74, 6) is -2.71. The highest BCUT2D eigenvalue weighted by molar-refractivity contribution is 6.04. The van der Waals surface area contributed by atoms with Crippen LogP contribution in [0.5, 0.6) is 0 Å². The molecule has 0 spiro atoms. The Morgan fingerprint density at radius 1 is 1.10 bits per heavy atom. The Morgan fingerprint density at radius 2 is 1.71 bits per heavy atom. The number of methoxy groups -OCH3 is 2. The number of aromatic nitrogens is 1. The Kier molecular flexibility index (Phi) is 4.07. The van der Waals surface area contributed by atoms with E-state index >= 15 is 0 Å². The molecule has 110 valence electrons. The topological polar surface area (TPSA) is 85.5 Å². The molecular formula is C15H15NO5. The van der Waals surface area contributed by atoms with E-state index in [2.05, 4.69) is 14.5 Å². The average Bonchev–Trinajstić information content (AvgIpc) is 2.49. The van der Waals surface area contributed by atoms with Crippen LogP contribution in [0.2, 0.25) is 0 Å². The van der Waals surface area contributed by atoms with Crippen LogP contribution in [0.15, 0.2) is 29.2 Å². The third kappa shape index (κ3) is 2.65. The molecule has 2 rings (SSSR count). The number of H-pyrrole nitrogens is 1. The molecular weight excluding hydrogens is 274 g/mol. The summed E-state index contributed by atoms with van der Waals surface area (Å²) in [6.07, 6.45) is 1.35. The molecule has 1 aromatic heterocycles. The molecule has 6 nitrogen and oxygen atoms in total. The number of esters is 2. The number of aryl methyl sites for hydroxylation is 1. The molecule has 0 atom stereocenters. The number of aromatic amines is 1. The quantitative estimate of drug-likeness (QED) is 0.679. The van der Waals surface area contributed by atoms with Crippen molar-refractivity contribution < 1.29 is 19.1 Å². The first-order valence-electron chi connectivity index (χ1n) is 6.27. The number of ether oxygens (including phenoxy) is 2. The summed E-state index contributed by atoms with van der Waals surface area (Å²) < 4.78 is 9.32. The zero-order valence-electron chi connectivity index (χ0n) is 11.9. The highest BCUT2D eigenvalue weighted by atomic mass is 16.5. The van der Waals surface area contributed by atoms with Crippen molar-refractivity contribution >= 4 is 22.7 Å². The molecule has 0 radical (unpaired) electrons. The molecule has 6 heteroatoms. The van der Waals surface area contributed by atoms with Crippen LogP contribution in [0, 0.1) is 6.92 Å². The number of rotatable bonds is 3. The van der Waals surface area contributed by atoms with Crippen LogP contribution in [0.3, 0.4) is 0 Å². The Hall–Kier alpha value is -2.63. The van der Waals surface area contributed by atoms with E-state index in [1.807, 2.05) is 6.92 Å². The fourth-order valence-electron chi connectivity index (χ4n) is 2.22. The number of carbonyl (C=O) groups excluding carboxylic acids is 2. The zero-order chi connectivity index (χ0) is 15.6. The third-order valence-electron chi connectivity index (χ3n) is 3.27. The summed E-state index contributed by atoms with van der Waals surface area (Å²) in [5.41, 5.74) is 0.965. The van der Waals surface area contributed by atoms with Crippen LogP contribution >= 0.6 is 0 Å². The van der Waals surface area contributed by atoms with E-state index < -0.39 is 17.9 Å². The molecule has 1 heterocycles. The summed E-state index contributed by atoms with van der Waals surface area (Å²) >= 11 is 0. The lowest BCUT2D eigenvalue weighted by Crippen LogP contribution is -2.25. The van der Waals surface area contributed by atoms with Gasteiger partial charge in [0.05, 0.1) is 14.2 Å². The van der Waals surface area contributed by atoms with Crippen molar-refractivity contribution in [1.82, 2.24) is 4.98 Å². The number of nitrogens with one attached hydrogen (secondary N) is 1. The van der Waals surface area contributed by atoms with Gasteiger partial charge in [-0.15, -0.1) is 0 Å². The van der Waals surface area contributed by atoms with E-state index in [1.54, 1.807) is 18.2 Å². The van der Waals surface area contributed by atoms with Crippen LogP contribution in [0.25, 0.3) is 10.8 Å². The summed E-state index contributed by atoms with van der Waals surface area (Å²) in [6.45, 7) is 1.85. The average molecular weight is 289 g/mol. The van der Waals surface area contributed by atoms with Crippen molar-refractivity contribution in [2.24, 2.45) is 0 Å². The maximum absolute atomic E-state index is 11.9. The molecule has 0 aliphatic heterocycles. The zero-order valence-corrected chi connectivity index (χ0v) is 11.9. The van der Waals surface area contributed by atoms with Crippen molar-refractivity contribution in [3.63, 3.8) is 0 Å². The lowest BCUT2D eigenvalue weighted by Gasteiger charge is -2.14. The van der Waals surface area contributed by atoms with Crippen molar-refractivity contribution in [3.8, 4) is 0 Å². The minimum Gasteiger partial charge on any atom is -0.468 e. The SMILES string of the molecule is COC(=O)C(C(=O)OC)c1c[nH]c(=O)c2cc(C)ccc12. The summed E-state index contributed by atoms with van der Waals surface area (Å²) in [7, 11) is 2.38. The van der Waals surface area contributed by atoms with E-state index in [4.69, 9.17) is 0 Å². The molecule has 21 heavy (non-hydrogen) atoms. The molecule has 0 aliphatic carbocycles. The molecule has 0 amide bonds. The number of hydrogen-bond acceptors (Lipinski definition) is 5. The maximum atomic E-state index is 11.9. The minimum atomic E-state index is -1.23. The predicted octanol–water partition coefficient (Wildman–Crippen LogP) is 1.27. The second kappa shape index (κ2) is 5.78. The van der Waals surface area contributed by atoms with Crippen molar-refractivity contribution in [2.45, 2.75) is 12.8 Å². The third-order valence-corrected chi connectivity index (χ3v) is 3.27. The molecule has 2 aromatic rings. The monoisotopic (exact) mass is 289 g/mol.